The quantitative estimate of drug-likeness (QED) is 0.714. The van der Waals surface area contributed by atoms with E-state index in [9.17, 15) is 4.79 Å². The SMILES string of the molecule is O=C1CCCC=C1CCCOCc1ccccc1. The van der Waals surface area contributed by atoms with Crippen LogP contribution in [0.3, 0.4) is 0 Å². The molecule has 0 heterocycles. The lowest BCUT2D eigenvalue weighted by atomic mass is 9.95. The summed E-state index contributed by atoms with van der Waals surface area (Å²) in [6.45, 7) is 1.38. The molecule has 18 heavy (non-hydrogen) atoms. The Kier molecular flexibility index (Phi) is 5.15. The summed E-state index contributed by atoms with van der Waals surface area (Å²) in [5.74, 6) is 0.337. The van der Waals surface area contributed by atoms with Gasteiger partial charge in [0.1, 0.15) is 0 Å². The monoisotopic (exact) mass is 244 g/mol. The van der Waals surface area contributed by atoms with Crippen LogP contribution in [-0.2, 0) is 16.1 Å². The van der Waals surface area contributed by atoms with Crippen molar-refractivity contribution >= 4 is 5.78 Å². The molecular formula is C16H20O2. The van der Waals surface area contributed by atoms with E-state index in [2.05, 4.69) is 18.2 Å². The molecule has 2 nitrogen and oxygen atoms in total. The lowest BCUT2D eigenvalue weighted by Crippen LogP contribution is -2.08. The summed E-state index contributed by atoms with van der Waals surface area (Å²) >= 11 is 0. The van der Waals surface area contributed by atoms with Crippen LogP contribution < -0.4 is 0 Å². The molecule has 96 valence electrons. The van der Waals surface area contributed by atoms with Gasteiger partial charge < -0.3 is 4.74 Å². The third-order valence-electron chi connectivity index (χ3n) is 3.20. The molecule has 0 unspecified atom stereocenters. The highest BCUT2D eigenvalue weighted by molar-refractivity contribution is 5.95. The molecule has 1 aromatic rings. The summed E-state index contributed by atoms with van der Waals surface area (Å²) < 4.78 is 5.61. The van der Waals surface area contributed by atoms with Crippen LogP contribution in [0.2, 0.25) is 0 Å². The van der Waals surface area contributed by atoms with E-state index in [0.717, 1.165) is 44.3 Å². The number of allylic oxidation sites excluding steroid dienone is 2. The van der Waals surface area contributed by atoms with E-state index in [1.165, 1.54) is 5.56 Å². The summed E-state index contributed by atoms with van der Waals surface area (Å²) in [4.78, 5) is 11.6. The van der Waals surface area contributed by atoms with Gasteiger partial charge >= 0.3 is 0 Å². The molecule has 1 aliphatic rings. The molecular weight excluding hydrogens is 224 g/mol. The molecule has 0 aromatic heterocycles. The Morgan fingerprint density at radius 1 is 1.17 bits per heavy atom. The number of benzene rings is 1. The minimum atomic E-state index is 0.337. The molecule has 0 saturated carbocycles. The zero-order valence-corrected chi connectivity index (χ0v) is 10.7. The average molecular weight is 244 g/mol. The van der Waals surface area contributed by atoms with E-state index in [4.69, 9.17) is 4.74 Å². The molecule has 0 N–H and O–H groups in total. The zero-order chi connectivity index (χ0) is 12.6. The smallest absolute Gasteiger partial charge is 0.158 e. The van der Waals surface area contributed by atoms with Gasteiger partial charge in [0.25, 0.3) is 0 Å². The van der Waals surface area contributed by atoms with Gasteiger partial charge in [-0.1, -0.05) is 36.4 Å². The first-order chi connectivity index (χ1) is 8.86. The first-order valence-electron chi connectivity index (χ1n) is 6.70. The van der Waals surface area contributed by atoms with Gasteiger partial charge in [0.15, 0.2) is 5.78 Å². The molecule has 2 heteroatoms. The Morgan fingerprint density at radius 3 is 2.78 bits per heavy atom. The highest BCUT2D eigenvalue weighted by atomic mass is 16.5. The average Bonchev–Trinajstić information content (AvgIpc) is 2.42. The van der Waals surface area contributed by atoms with E-state index >= 15 is 0 Å². The highest BCUT2D eigenvalue weighted by Gasteiger charge is 2.12. The first kappa shape index (κ1) is 13.0. The minimum Gasteiger partial charge on any atom is -0.377 e. The Bertz CT molecular complexity index is 406. The van der Waals surface area contributed by atoms with E-state index in [-0.39, 0.29) is 0 Å². The van der Waals surface area contributed by atoms with Gasteiger partial charge in [-0.25, -0.2) is 0 Å². The molecule has 0 aliphatic heterocycles. The van der Waals surface area contributed by atoms with Crippen LogP contribution in [0.25, 0.3) is 0 Å². The van der Waals surface area contributed by atoms with Crippen LogP contribution in [0.4, 0.5) is 0 Å². The van der Waals surface area contributed by atoms with Crippen molar-refractivity contribution in [1.29, 1.82) is 0 Å². The second-order valence-electron chi connectivity index (χ2n) is 4.69. The predicted octanol–water partition coefficient (Wildman–Crippen LogP) is 3.66. The van der Waals surface area contributed by atoms with Crippen LogP contribution in [0, 0.1) is 0 Å². The summed E-state index contributed by atoms with van der Waals surface area (Å²) in [5, 5.41) is 0. The summed E-state index contributed by atoms with van der Waals surface area (Å²) in [5.41, 5.74) is 2.22. The fraction of sp³-hybridized carbons (Fsp3) is 0.438. The van der Waals surface area contributed by atoms with Gasteiger partial charge in [0.2, 0.25) is 0 Å². The van der Waals surface area contributed by atoms with Gasteiger partial charge in [-0.3, -0.25) is 4.79 Å². The standard InChI is InChI=1S/C16H20O2/c17-16-11-5-4-9-15(16)10-6-12-18-13-14-7-2-1-3-8-14/h1-3,7-9H,4-6,10-13H2. The molecule has 0 spiro atoms. The molecule has 0 atom stereocenters. The second-order valence-corrected chi connectivity index (χ2v) is 4.69. The Balaban J connectivity index is 1.62. The number of rotatable bonds is 6. The molecule has 0 bridgehead atoms. The maximum absolute atomic E-state index is 11.6. The van der Waals surface area contributed by atoms with Crippen molar-refractivity contribution in [2.45, 2.75) is 38.7 Å². The van der Waals surface area contributed by atoms with Crippen molar-refractivity contribution in [3.63, 3.8) is 0 Å². The molecule has 1 aromatic carbocycles. The van der Waals surface area contributed by atoms with Crippen molar-refractivity contribution in [2.24, 2.45) is 0 Å². The number of ketones is 1. The number of hydrogen-bond donors (Lipinski definition) is 0. The lowest BCUT2D eigenvalue weighted by molar-refractivity contribution is -0.116. The van der Waals surface area contributed by atoms with Crippen molar-refractivity contribution in [3.05, 3.63) is 47.5 Å². The van der Waals surface area contributed by atoms with Gasteiger partial charge in [0.05, 0.1) is 6.61 Å². The van der Waals surface area contributed by atoms with Crippen LogP contribution in [0.5, 0.6) is 0 Å². The second kappa shape index (κ2) is 7.12. The molecule has 0 radical (unpaired) electrons. The van der Waals surface area contributed by atoms with Gasteiger partial charge in [0, 0.05) is 13.0 Å². The summed E-state index contributed by atoms with van der Waals surface area (Å²) in [6.07, 6.45) is 6.72. The van der Waals surface area contributed by atoms with E-state index in [0.29, 0.717) is 12.4 Å². The molecule has 0 fully saturated rings. The number of ether oxygens (including phenoxy) is 1. The highest BCUT2D eigenvalue weighted by Crippen LogP contribution is 2.18. The maximum atomic E-state index is 11.6. The van der Waals surface area contributed by atoms with E-state index in [1.54, 1.807) is 0 Å². The lowest BCUT2D eigenvalue weighted by Gasteiger charge is -2.11. The van der Waals surface area contributed by atoms with Crippen LogP contribution in [-0.4, -0.2) is 12.4 Å². The fourth-order valence-corrected chi connectivity index (χ4v) is 2.18. The topological polar surface area (TPSA) is 26.3 Å². The largest absolute Gasteiger partial charge is 0.377 e. The molecule has 0 amide bonds. The third kappa shape index (κ3) is 4.11. The predicted molar refractivity (Wildman–Crippen MR) is 72.3 cm³/mol. The third-order valence-corrected chi connectivity index (χ3v) is 3.20. The van der Waals surface area contributed by atoms with E-state index in [1.807, 2.05) is 18.2 Å². The summed E-state index contributed by atoms with van der Waals surface area (Å²) in [6, 6.07) is 10.2. The van der Waals surface area contributed by atoms with Crippen LogP contribution >= 0.6 is 0 Å². The minimum absolute atomic E-state index is 0.337. The van der Waals surface area contributed by atoms with Crippen molar-refractivity contribution in [2.75, 3.05) is 6.61 Å². The fourth-order valence-electron chi connectivity index (χ4n) is 2.18. The molecule has 0 saturated heterocycles. The first-order valence-corrected chi connectivity index (χ1v) is 6.70. The zero-order valence-electron chi connectivity index (χ0n) is 10.7. The molecule has 2 rings (SSSR count). The van der Waals surface area contributed by atoms with E-state index < -0.39 is 0 Å². The van der Waals surface area contributed by atoms with Gasteiger partial charge in [-0.2, -0.15) is 0 Å². The van der Waals surface area contributed by atoms with Crippen molar-refractivity contribution in [1.82, 2.24) is 0 Å². The number of Topliss-reactive ketones (excluding diaryl/α,β-unsaturated/α-hetero) is 1. The summed E-state index contributed by atoms with van der Waals surface area (Å²) in [7, 11) is 0. The van der Waals surface area contributed by atoms with Gasteiger partial charge in [-0.05, 0) is 36.8 Å². The number of hydrogen-bond acceptors (Lipinski definition) is 2. The van der Waals surface area contributed by atoms with Crippen molar-refractivity contribution in [3.8, 4) is 0 Å². The Morgan fingerprint density at radius 2 is 2.00 bits per heavy atom. The number of carbonyl (C=O) groups excluding carboxylic acids is 1. The van der Waals surface area contributed by atoms with Crippen LogP contribution in [0.15, 0.2) is 42.0 Å². The van der Waals surface area contributed by atoms with Gasteiger partial charge in [-0.15, -0.1) is 0 Å². The number of carbonyl (C=O) groups is 1. The Labute approximate surface area is 109 Å². The normalized spacial score (nSPS) is 15.6. The maximum Gasteiger partial charge on any atom is 0.158 e. The van der Waals surface area contributed by atoms with Crippen LogP contribution in [0.1, 0.15) is 37.7 Å². The Hall–Kier alpha value is -1.41. The molecule has 1 aliphatic carbocycles. The van der Waals surface area contributed by atoms with Crippen molar-refractivity contribution < 1.29 is 9.53 Å².